The van der Waals surface area contributed by atoms with Crippen molar-refractivity contribution in [2.45, 2.75) is 38.0 Å². The molecule has 0 radical (unpaired) electrons. The summed E-state index contributed by atoms with van der Waals surface area (Å²) in [6.45, 7) is 2.05. The first kappa shape index (κ1) is 9.21. The predicted octanol–water partition coefficient (Wildman–Crippen LogP) is 2.73. The van der Waals surface area contributed by atoms with Crippen molar-refractivity contribution in [2.75, 3.05) is 0 Å². The van der Waals surface area contributed by atoms with E-state index in [9.17, 15) is 5.26 Å². The SMILES string of the molecule is Cc1ccnc(C2(C#N)CCCC2)c1. The highest BCUT2D eigenvalue weighted by Crippen LogP contribution is 2.39. The number of nitrogens with zero attached hydrogens (tertiary/aromatic N) is 2. The van der Waals surface area contributed by atoms with Gasteiger partial charge in [-0.3, -0.25) is 4.98 Å². The lowest BCUT2D eigenvalue weighted by Crippen LogP contribution is -2.20. The standard InChI is InChI=1S/C12H14N2/c1-10-4-7-14-11(8-10)12(9-13)5-2-3-6-12/h4,7-8H,2-3,5-6H2,1H3. The zero-order valence-corrected chi connectivity index (χ0v) is 8.45. The van der Waals surface area contributed by atoms with E-state index in [-0.39, 0.29) is 5.41 Å². The van der Waals surface area contributed by atoms with E-state index in [0.29, 0.717) is 0 Å². The molecule has 1 aliphatic carbocycles. The van der Waals surface area contributed by atoms with E-state index in [1.165, 1.54) is 5.56 Å². The van der Waals surface area contributed by atoms with E-state index in [2.05, 4.69) is 17.1 Å². The van der Waals surface area contributed by atoms with Crippen LogP contribution in [0, 0.1) is 18.3 Å². The van der Waals surface area contributed by atoms with E-state index < -0.39 is 0 Å². The lowest BCUT2D eigenvalue weighted by atomic mass is 9.83. The third-order valence-electron chi connectivity index (χ3n) is 3.08. The van der Waals surface area contributed by atoms with Crippen LogP contribution in [-0.2, 0) is 5.41 Å². The summed E-state index contributed by atoms with van der Waals surface area (Å²) in [4.78, 5) is 4.34. The zero-order chi connectivity index (χ0) is 10.0. The molecule has 14 heavy (non-hydrogen) atoms. The Hall–Kier alpha value is -1.36. The molecule has 0 saturated heterocycles. The van der Waals surface area contributed by atoms with Crippen LogP contribution < -0.4 is 0 Å². The second-order valence-corrected chi connectivity index (χ2v) is 4.12. The van der Waals surface area contributed by atoms with E-state index in [1.807, 2.05) is 19.2 Å². The smallest absolute Gasteiger partial charge is 0.0993 e. The van der Waals surface area contributed by atoms with Crippen molar-refractivity contribution < 1.29 is 0 Å². The van der Waals surface area contributed by atoms with Crippen molar-refractivity contribution in [2.24, 2.45) is 0 Å². The van der Waals surface area contributed by atoms with Crippen LogP contribution in [0.2, 0.25) is 0 Å². The van der Waals surface area contributed by atoms with E-state index in [0.717, 1.165) is 31.4 Å². The van der Waals surface area contributed by atoms with Crippen LogP contribution in [0.15, 0.2) is 18.3 Å². The van der Waals surface area contributed by atoms with E-state index in [1.54, 1.807) is 0 Å². The topological polar surface area (TPSA) is 36.7 Å². The number of nitriles is 1. The third-order valence-corrected chi connectivity index (χ3v) is 3.08. The van der Waals surface area contributed by atoms with Gasteiger partial charge < -0.3 is 0 Å². The Bertz CT molecular complexity index is 370. The molecule has 1 heterocycles. The molecule has 0 spiro atoms. The van der Waals surface area contributed by atoms with Gasteiger partial charge in [0.2, 0.25) is 0 Å². The fourth-order valence-corrected chi connectivity index (χ4v) is 2.20. The molecule has 0 N–H and O–H groups in total. The maximum Gasteiger partial charge on any atom is 0.0993 e. The Kier molecular flexibility index (Phi) is 2.25. The number of aromatic nitrogens is 1. The van der Waals surface area contributed by atoms with E-state index in [4.69, 9.17) is 0 Å². The normalized spacial score (nSPS) is 19.1. The van der Waals surface area contributed by atoms with Gasteiger partial charge in [0.15, 0.2) is 0 Å². The van der Waals surface area contributed by atoms with Crippen molar-refractivity contribution >= 4 is 0 Å². The largest absolute Gasteiger partial charge is 0.260 e. The Labute approximate surface area is 84.6 Å². The van der Waals surface area contributed by atoms with Crippen molar-refractivity contribution in [3.63, 3.8) is 0 Å². The molecule has 0 aromatic carbocycles. The van der Waals surface area contributed by atoms with Crippen molar-refractivity contribution in [1.82, 2.24) is 4.98 Å². The molecule has 0 amide bonds. The molecule has 2 rings (SSSR count). The van der Waals surface area contributed by atoms with Crippen LogP contribution in [0.4, 0.5) is 0 Å². The second kappa shape index (κ2) is 3.42. The van der Waals surface area contributed by atoms with Gasteiger partial charge in [0.25, 0.3) is 0 Å². The highest BCUT2D eigenvalue weighted by Gasteiger charge is 2.36. The van der Waals surface area contributed by atoms with Crippen LogP contribution >= 0.6 is 0 Å². The summed E-state index contributed by atoms with van der Waals surface area (Å²) in [6, 6.07) is 6.48. The van der Waals surface area contributed by atoms with Gasteiger partial charge in [-0.2, -0.15) is 5.26 Å². The predicted molar refractivity (Wildman–Crippen MR) is 54.7 cm³/mol. The zero-order valence-electron chi connectivity index (χ0n) is 8.45. The quantitative estimate of drug-likeness (QED) is 0.676. The van der Waals surface area contributed by atoms with Gasteiger partial charge in [-0.25, -0.2) is 0 Å². The summed E-state index contributed by atoms with van der Waals surface area (Å²) in [5.74, 6) is 0. The lowest BCUT2D eigenvalue weighted by molar-refractivity contribution is 0.553. The minimum Gasteiger partial charge on any atom is -0.260 e. The van der Waals surface area contributed by atoms with E-state index >= 15 is 0 Å². The van der Waals surface area contributed by atoms with Gasteiger partial charge in [0.1, 0.15) is 0 Å². The number of hydrogen-bond acceptors (Lipinski definition) is 2. The number of pyridine rings is 1. The van der Waals surface area contributed by atoms with Gasteiger partial charge in [-0.05, 0) is 37.5 Å². The molecule has 1 fully saturated rings. The molecular weight excluding hydrogens is 172 g/mol. The summed E-state index contributed by atoms with van der Waals surface area (Å²) < 4.78 is 0. The monoisotopic (exact) mass is 186 g/mol. The summed E-state index contributed by atoms with van der Waals surface area (Å²) >= 11 is 0. The molecule has 0 bridgehead atoms. The van der Waals surface area contributed by atoms with Crippen molar-refractivity contribution in [1.29, 1.82) is 5.26 Å². The average Bonchev–Trinajstić information content (AvgIpc) is 2.67. The maximum absolute atomic E-state index is 9.27. The number of aryl methyl sites for hydroxylation is 1. The molecule has 1 aliphatic rings. The summed E-state index contributed by atoms with van der Waals surface area (Å²) in [7, 11) is 0. The number of rotatable bonds is 1. The molecule has 0 unspecified atom stereocenters. The fourth-order valence-electron chi connectivity index (χ4n) is 2.20. The van der Waals surface area contributed by atoms with Crippen LogP contribution in [0.25, 0.3) is 0 Å². The van der Waals surface area contributed by atoms with Crippen LogP contribution in [0.5, 0.6) is 0 Å². The van der Waals surface area contributed by atoms with Gasteiger partial charge in [0.05, 0.1) is 17.2 Å². The van der Waals surface area contributed by atoms with Crippen LogP contribution in [0.1, 0.15) is 36.9 Å². The number of hydrogen-bond donors (Lipinski definition) is 0. The van der Waals surface area contributed by atoms with Crippen molar-refractivity contribution in [3.8, 4) is 6.07 Å². The first-order chi connectivity index (χ1) is 6.77. The fraction of sp³-hybridized carbons (Fsp3) is 0.500. The van der Waals surface area contributed by atoms with Gasteiger partial charge in [-0.1, -0.05) is 12.8 Å². The lowest BCUT2D eigenvalue weighted by Gasteiger charge is -2.19. The van der Waals surface area contributed by atoms with Gasteiger partial charge >= 0.3 is 0 Å². The van der Waals surface area contributed by atoms with Crippen LogP contribution in [0.3, 0.4) is 0 Å². The maximum atomic E-state index is 9.27. The Morgan fingerprint density at radius 3 is 2.71 bits per heavy atom. The molecule has 2 heteroatoms. The van der Waals surface area contributed by atoms with Gasteiger partial charge in [-0.15, -0.1) is 0 Å². The summed E-state index contributed by atoms with van der Waals surface area (Å²) in [5, 5.41) is 9.27. The third kappa shape index (κ3) is 1.39. The minimum atomic E-state index is -0.286. The average molecular weight is 186 g/mol. The molecule has 72 valence electrons. The first-order valence-electron chi connectivity index (χ1n) is 5.11. The molecule has 1 aromatic heterocycles. The molecule has 1 saturated carbocycles. The van der Waals surface area contributed by atoms with Gasteiger partial charge in [0, 0.05) is 6.20 Å². The Morgan fingerprint density at radius 1 is 1.43 bits per heavy atom. The highest BCUT2D eigenvalue weighted by atomic mass is 14.7. The van der Waals surface area contributed by atoms with Crippen LogP contribution in [-0.4, -0.2) is 4.98 Å². The molecular formula is C12H14N2. The van der Waals surface area contributed by atoms with Crippen molar-refractivity contribution in [3.05, 3.63) is 29.6 Å². The molecule has 0 aliphatic heterocycles. The Morgan fingerprint density at radius 2 is 2.14 bits per heavy atom. The molecule has 1 aromatic rings. The first-order valence-corrected chi connectivity index (χ1v) is 5.11. The second-order valence-electron chi connectivity index (χ2n) is 4.12. The highest BCUT2D eigenvalue weighted by molar-refractivity contribution is 5.30. The summed E-state index contributed by atoms with van der Waals surface area (Å²) in [6.07, 6.45) is 6.06. The molecule has 2 nitrogen and oxygen atoms in total. The summed E-state index contributed by atoms with van der Waals surface area (Å²) in [5.41, 5.74) is 1.88. The molecule has 0 atom stereocenters. The Balaban J connectivity index is 2.42. The minimum absolute atomic E-state index is 0.286.